The van der Waals surface area contributed by atoms with Crippen molar-refractivity contribution < 1.29 is 17.8 Å². The van der Waals surface area contributed by atoms with Gasteiger partial charge in [0.15, 0.2) is 0 Å². The summed E-state index contributed by atoms with van der Waals surface area (Å²) in [7, 11) is -2.96. The van der Waals surface area contributed by atoms with Crippen LogP contribution in [-0.2, 0) is 16.3 Å². The molecule has 1 amide bonds. The van der Waals surface area contributed by atoms with Crippen LogP contribution in [0.3, 0.4) is 0 Å². The highest BCUT2D eigenvalue weighted by Crippen LogP contribution is 2.52. The maximum absolute atomic E-state index is 13.6. The van der Waals surface area contributed by atoms with Crippen LogP contribution in [0.5, 0.6) is 0 Å². The number of anilines is 1. The predicted octanol–water partition coefficient (Wildman–Crippen LogP) is 5.72. The molecule has 0 bridgehead atoms. The second-order valence-electron chi connectivity index (χ2n) is 8.94. The van der Waals surface area contributed by atoms with Gasteiger partial charge in [0.25, 0.3) is 5.91 Å². The Hall–Kier alpha value is -2.52. The summed E-state index contributed by atoms with van der Waals surface area (Å²) < 4.78 is 48.5. The number of hydrogen-bond donors (Lipinski definition) is 2. The molecule has 1 fully saturated rings. The highest BCUT2D eigenvalue weighted by atomic mass is 35.5. The molecule has 0 saturated heterocycles. The summed E-state index contributed by atoms with van der Waals surface area (Å²) in [6.45, 7) is 3.74. The van der Waals surface area contributed by atoms with E-state index in [1.165, 1.54) is 17.0 Å². The quantitative estimate of drug-likeness (QED) is 0.489. The van der Waals surface area contributed by atoms with Crippen molar-refractivity contribution in [1.82, 2.24) is 9.78 Å². The van der Waals surface area contributed by atoms with Crippen LogP contribution >= 0.6 is 11.6 Å². The second kappa shape index (κ2) is 7.52. The number of carbonyl (C=O) groups excluding carboxylic acids is 1. The molecule has 1 aliphatic carbocycles. The minimum atomic E-state index is -2.96. The lowest BCUT2D eigenvalue weighted by atomic mass is 9.67. The molecule has 1 atom stereocenters. The van der Waals surface area contributed by atoms with E-state index in [1.54, 1.807) is 37.3 Å². The molecule has 1 aliphatic rings. The van der Waals surface area contributed by atoms with E-state index in [1.807, 2.05) is 6.92 Å². The van der Waals surface area contributed by atoms with Gasteiger partial charge in [-0.15, -0.1) is 0 Å². The summed E-state index contributed by atoms with van der Waals surface area (Å²) in [5.41, 5.74) is 1.19. The first-order valence-corrected chi connectivity index (χ1v) is 12.3. The summed E-state index contributed by atoms with van der Waals surface area (Å²) in [4.78, 5) is 13.6. The Morgan fingerprint density at radius 1 is 1.31 bits per heavy atom. The number of aryl methyl sites for hydroxylation is 1. The number of nitrogens with one attached hydrogen (secondary N) is 2. The van der Waals surface area contributed by atoms with Gasteiger partial charge >= 0.3 is 0 Å². The van der Waals surface area contributed by atoms with Crippen LogP contribution < -0.4 is 5.32 Å². The number of alkyl halides is 2. The van der Waals surface area contributed by atoms with Gasteiger partial charge in [0.2, 0.25) is 5.92 Å². The van der Waals surface area contributed by atoms with E-state index >= 15 is 0 Å². The number of halogens is 3. The Morgan fingerprint density at radius 3 is 2.62 bits per heavy atom. The Morgan fingerprint density at radius 2 is 2.00 bits per heavy atom. The molecule has 170 valence electrons. The molecule has 3 aromatic rings. The second-order valence-corrected chi connectivity index (χ2v) is 11.5. The first-order chi connectivity index (χ1) is 14.8. The molecule has 1 unspecified atom stereocenters. The highest BCUT2D eigenvalue weighted by molar-refractivity contribution is 7.91. The summed E-state index contributed by atoms with van der Waals surface area (Å²) in [5.74, 6) is -3.22. The van der Waals surface area contributed by atoms with Gasteiger partial charge in [0, 0.05) is 36.2 Å². The van der Waals surface area contributed by atoms with Crippen LogP contribution in [0.4, 0.5) is 14.5 Å². The zero-order valence-corrected chi connectivity index (χ0v) is 19.4. The van der Waals surface area contributed by atoms with Crippen LogP contribution in [0.15, 0.2) is 41.3 Å². The fourth-order valence-electron chi connectivity index (χ4n) is 4.35. The van der Waals surface area contributed by atoms with Crippen molar-refractivity contribution in [1.29, 1.82) is 4.78 Å². The largest absolute Gasteiger partial charge is 0.321 e. The number of carbonyl (C=O) groups is 1. The molecule has 1 saturated carbocycles. The molecule has 1 aromatic heterocycles. The SMILES string of the molecule is Cc1ccc(Cl)c2c(C(=O)Nc3cccc(S(C)(=N)=O)c3)n(CC3(C)CC(F)(F)C3)nc12. The number of rotatable bonds is 5. The Labute approximate surface area is 189 Å². The Kier molecular flexibility index (Phi) is 5.33. The number of nitrogens with zero attached hydrogens (tertiary/aromatic N) is 2. The van der Waals surface area contributed by atoms with Crippen molar-refractivity contribution in [2.75, 3.05) is 11.6 Å². The molecule has 32 heavy (non-hydrogen) atoms. The molecule has 4 rings (SSSR count). The van der Waals surface area contributed by atoms with E-state index < -0.39 is 27.0 Å². The lowest BCUT2D eigenvalue weighted by molar-refractivity contribution is -0.159. The predicted molar refractivity (Wildman–Crippen MR) is 121 cm³/mol. The average molecular weight is 481 g/mol. The normalized spacial score (nSPS) is 18.7. The lowest BCUT2D eigenvalue weighted by Gasteiger charge is -2.44. The lowest BCUT2D eigenvalue weighted by Crippen LogP contribution is -2.47. The maximum Gasteiger partial charge on any atom is 0.274 e. The number of benzene rings is 2. The van der Waals surface area contributed by atoms with E-state index in [2.05, 4.69) is 10.4 Å². The van der Waals surface area contributed by atoms with Crippen LogP contribution in [0.2, 0.25) is 5.02 Å². The average Bonchev–Trinajstić information content (AvgIpc) is 3.02. The van der Waals surface area contributed by atoms with E-state index in [-0.39, 0.29) is 30.0 Å². The van der Waals surface area contributed by atoms with Crippen molar-refractivity contribution in [3.05, 3.63) is 52.7 Å². The minimum absolute atomic E-state index is 0.144. The molecule has 6 nitrogen and oxygen atoms in total. The van der Waals surface area contributed by atoms with E-state index in [9.17, 15) is 17.8 Å². The van der Waals surface area contributed by atoms with Gasteiger partial charge in [0.1, 0.15) is 5.69 Å². The molecule has 0 aliphatic heterocycles. The fraction of sp³-hybridized carbons (Fsp3) is 0.364. The van der Waals surface area contributed by atoms with Crippen LogP contribution in [0, 0.1) is 17.1 Å². The number of hydrogen-bond acceptors (Lipinski definition) is 4. The van der Waals surface area contributed by atoms with Crippen LogP contribution in [0.25, 0.3) is 10.9 Å². The van der Waals surface area contributed by atoms with Gasteiger partial charge in [-0.3, -0.25) is 9.48 Å². The first kappa shape index (κ1) is 22.7. The van der Waals surface area contributed by atoms with Crippen molar-refractivity contribution in [3.8, 4) is 0 Å². The third kappa shape index (κ3) is 4.23. The molecule has 10 heteroatoms. The van der Waals surface area contributed by atoms with Gasteiger partial charge in [0.05, 0.1) is 25.7 Å². The smallest absolute Gasteiger partial charge is 0.274 e. The first-order valence-electron chi connectivity index (χ1n) is 9.97. The van der Waals surface area contributed by atoms with Gasteiger partial charge < -0.3 is 5.32 Å². The van der Waals surface area contributed by atoms with Gasteiger partial charge in [-0.25, -0.2) is 17.8 Å². The minimum Gasteiger partial charge on any atom is -0.321 e. The monoisotopic (exact) mass is 480 g/mol. The number of amides is 1. The van der Waals surface area contributed by atoms with Crippen LogP contribution in [-0.4, -0.2) is 32.1 Å². The highest BCUT2D eigenvalue weighted by Gasteiger charge is 2.54. The van der Waals surface area contributed by atoms with Crippen LogP contribution in [0.1, 0.15) is 35.8 Å². The third-order valence-electron chi connectivity index (χ3n) is 5.70. The molecule has 0 spiro atoms. The van der Waals surface area contributed by atoms with E-state index in [0.29, 0.717) is 21.6 Å². The molecule has 2 N–H and O–H groups in total. The molecule has 1 heterocycles. The summed E-state index contributed by atoms with van der Waals surface area (Å²) >= 11 is 6.43. The molecular formula is C22H23ClF2N4O2S. The zero-order chi connectivity index (χ0) is 23.5. The summed E-state index contributed by atoms with van der Waals surface area (Å²) in [6, 6.07) is 9.73. The Bertz CT molecular complexity index is 1340. The molecule has 2 aromatic carbocycles. The summed E-state index contributed by atoms with van der Waals surface area (Å²) in [6.07, 6.45) is 0.745. The number of aromatic nitrogens is 2. The van der Waals surface area contributed by atoms with Crippen molar-refractivity contribution >= 4 is 43.8 Å². The van der Waals surface area contributed by atoms with Crippen molar-refractivity contribution in [3.63, 3.8) is 0 Å². The number of fused-ring (bicyclic) bond motifs is 1. The topological polar surface area (TPSA) is 87.8 Å². The van der Waals surface area contributed by atoms with Gasteiger partial charge in [-0.2, -0.15) is 5.10 Å². The third-order valence-corrected chi connectivity index (χ3v) is 7.17. The zero-order valence-electron chi connectivity index (χ0n) is 17.8. The Balaban J connectivity index is 1.77. The molecule has 0 radical (unpaired) electrons. The standard InChI is InChI=1S/C22H23ClF2N4O2S/c1-13-7-8-16(23)17-18(13)28-29(12-21(2)10-22(24,25)11-21)19(17)20(30)27-14-5-4-6-15(9-14)32(3,26)31/h4-9,26H,10-12H2,1-3H3,(H,27,30). The fourth-order valence-corrected chi connectivity index (χ4v) is 5.28. The van der Waals surface area contributed by atoms with E-state index in [4.69, 9.17) is 16.4 Å². The van der Waals surface area contributed by atoms with E-state index in [0.717, 1.165) is 5.56 Å². The van der Waals surface area contributed by atoms with Gasteiger partial charge in [-0.1, -0.05) is 30.7 Å². The maximum atomic E-state index is 13.6. The van der Waals surface area contributed by atoms with Gasteiger partial charge in [-0.05, 0) is 42.2 Å². The molecular weight excluding hydrogens is 458 g/mol. The van der Waals surface area contributed by atoms with Crippen molar-refractivity contribution in [2.24, 2.45) is 5.41 Å². The van der Waals surface area contributed by atoms with Crippen molar-refractivity contribution in [2.45, 2.75) is 44.1 Å². The summed E-state index contributed by atoms with van der Waals surface area (Å²) in [5, 5.41) is 8.11.